The maximum Gasteiger partial charge on any atom is 0.179 e. The van der Waals surface area contributed by atoms with E-state index in [2.05, 4.69) is 0 Å². The molecule has 0 fully saturated rings. The largest absolute Gasteiger partial charge is 0.296 e. The first-order valence-electron chi connectivity index (χ1n) is 5.88. The summed E-state index contributed by atoms with van der Waals surface area (Å²) in [6.07, 6.45) is 1.19. The van der Waals surface area contributed by atoms with Crippen LogP contribution in [0.5, 0.6) is 0 Å². The lowest BCUT2D eigenvalue weighted by Gasteiger charge is -2.23. The van der Waals surface area contributed by atoms with Gasteiger partial charge in [0.25, 0.3) is 0 Å². The van der Waals surface area contributed by atoms with Gasteiger partial charge in [0.05, 0.1) is 11.8 Å². The van der Waals surface area contributed by atoms with E-state index in [-0.39, 0.29) is 17.6 Å². The van der Waals surface area contributed by atoms with Gasteiger partial charge in [0.1, 0.15) is 9.84 Å². The second kappa shape index (κ2) is 6.50. The highest BCUT2D eigenvalue weighted by Gasteiger charge is 2.20. The van der Waals surface area contributed by atoms with Crippen LogP contribution in [0.1, 0.15) is 17.3 Å². The molecule has 0 bridgehead atoms. The van der Waals surface area contributed by atoms with Crippen molar-refractivity contribution in [3.8, 4) is 0 Å². The third kappa shape index (κ3) is 5.30. The van der Waals surface area contributed by atoms with Crippen LogP contribution in [0.3, 0.4) is 0 Å². The van der Waals surface area contributed by atoms with E-state index in [9.17, 15) is 13.2 Å². The number of likely N-dealkylation sites (N-methyl/N-ethyl adjacent to an activating group) is 1. The molecule has 0 saturated heterocycles. The van der Waals surface area contributed by atoms with Gasteiger partial charge in [-0.25, -0.2) is 8.42 Å². The summed E-state index contributed by atoms with van der Waals surface area (Å²) >= 11 is 5.77. The van der Waals surface area contributed by atoms with Crippen LogP contribution < -0.4 is 0 Å². The zero-order valence-corrected chi connectivity index (χ0v) is 12.8. The molecule has 0 heterocycles. The van der Waals surface area contributed by atoms with Crippen molar-refractivity contribution in [1.82, 2.24) is 4.90 Å². The summed E-state index contributed by atoms with van der Waals surface area (Å²) in [4.78, 5) is 13.9. The summed E-state index contributed by atoms with van der Waals surface area (Å²) in [7, 11) is -1.28. The van der Waals surface area contributed by atoms with E-state index in [0.717, 1.165) is 0 Å². The van der Waals surface area contributed by atoms with Crippen molar-refractivity contribution in [2.75, 3.05) is 25.6 Å². The Morgan fingerprint density at radius 2 is 1.84 bits per heavy atom. The highest BCUT2D eigenvalue weighted by molar-refractivity contribution is 7.90. The number of carbonyl (C=O) groups is 1. The second-order valence-electron chi connectivity index (χ2n) is 4.66. The van der Waals surface area contributed by atoms with Crippen molar-refractivity contribution in [2.45, 2.75) is 13.0 Å². The molecule has 106 valence electrons. The molecule has 0 N–H and O–H groups in total. The molecule has 1 aromatic carbocycles. The highest BCUT2D eigenvalue weighted by Crippen LogP contribution is 2.13. The zero-order valence-electron chi connectivity index (χ0n) is 11.3. The molecule has 6 heteroatoms. The summed E-state index contributed by atoms with van der Waals surface area (Å²) in [6, 6.07) is 6.30. The number of nitrogens with zero attached hydrogens (tertiary/aromatic N) is 1. The van der Waals surface area contributed by atoms with Crippen molar-refractivity contribution in [3.05, 3.63) is 34.9 Å². The second-order valence-corrected chi connectivity index (χ2v) is 7.35. The minimum absolute atomic E-state index is 0.0434. The maximum absolute atomic E-state index is 12.2. The number of sulfone groups is 1. The molecule has 19 heavy (non-hydrogen) atoms. The number of rotatable bonds is 6. The molecule has 0 aliphatic carbocycles. The molecule has 0 amide bonds. The normalized spacial score (nSPS) is 13.5. The number of hydrogen-bond donors (Lipinski definition) is 0. The summed E-state index contributed by atoms with van der Waals surface area (Å²) in [6.45, 7) is 2.10. The third-order valence-corrected chi connectivity index (χ3v) is 4.16. The average Bonchev–Trinajstić information content (AvgIpc) is 2.34. The summed E-state index contributed by atoms with van der Waals surface area (Å²) in [5, 5.41) is 0.578. The van der Waals surface area contributed by atoms with Gasteiger partial charge >= 0.3 is 0 Å². The van der Waals surface area contributed by atoms with E-state index in [1.54, 1.807) is 43.1 Å². The van der Waals surface area contributed by atoms with Crippen LogP contribution in [0.25, 0.3) is 0 Å². The monoisotopic (exact) mass is 303 g/mol. The molecule has 0 saturated carbocycles. The van der Waals surface area contributed by atoms with E-state index in [1.165, 1.54) is 6.26 Å². The van der Waals surface area contributed by atoms with Gasteiger partial charge in [0.2, 0.25) is 0 Å². The molecule has 0 radical (unpaired) electrons. The van der Waals surface area contributed by atoms with Crippen molar-refractivity contribution < 1.29 is 13.2 Å². The van der Waals surface area contributed by atoms with Crippen LogP contribution in [0.15, 0.2) is 24.3 Å². The molecular weight excluding hydrogens is 286 g/mol. The molecule has 1 unspecified atom stereocenters. The van der Waals surface area contributed by atoms with E-state index >= 15 is 0 Å². The Hall–Kier alpha value is -0.910. The average molecular weight is 304 g/mol. The Balaban J connectivity index is 2.68. The SMILES string of the molecule is CC(C(=O)c1ccc(Cl)cc1)N(C)CCS(C)(=O)=O. The number of hydrogen-bond acceptors (Lipinski definition) is 4. The van der Waals surface area contributed by atoms with E-state index in [4.69, 9.17) is 11.6 Å². The van der Waals surface area contributed by atoms with Gasteiger partial charge in [-0.05, 0) is 38.2 Å². The molecular formula is C13H18ClNO3S. The lowest BCUT2D eigenvalue weighted by molar-refractivity contribution is 0.0874. The van der Waals surface area contributed by atoms with Gasteiger partial charge < -0.3 is 0 Å². The van der Waals surface area contributed by atoms with Crippen LogP contribution in [0, 0.1) is 0 Å². The first-order valence-corrected chi connectivity index (χ1v) is 8.32. The topological polar surface area (TPSA) is 54.5 Å². The van der Waals surface area contributed by atoms with Crippen LogP contribution in [-0.2, 0) is 9.84 Å². The van der Waals surface area contributed by atoms with Gasteiger partial charge in [0.15, 0.2) is 5.78 Å². The smallest absolute Gasteiger partial charge is 0.179 e. The summed E-state index contributed by atoms with van der Waals surface area (Å²) in [5.74, 6) is -0.00507. The van der Waals surface area contributed by atoms with Crippen molar-refractivity contribution in [3.63, 3.8) is 0 Å². The molecule has 1 aromatic rings. The molecule has 0 spiro atoms. The minimum atomic E-state index is -3.02. The van der Waals surface area contributed by atoms with E-state index in [0.29, 0.717) is 17.1 Å². The molecule has 0 aliphatic rings. The third-order valence-electron chi connectivity index (χ3n) is 2.98. The number of halogens is 1. The minimum Gasteiger partial charge on any atom is -0.296 e. The Bertz CT molecular complexity index is 540. The highest BCUT2D eigenvalue weighted by atomic mass is 35.5. The molecule has 0 aliphatic heterocycles. The van der Waals surface area contributed by atoms with E-state index < -0.39 is 9.84 Å². The number of carbonyl (C=O) groups excluding carboxylic acids is 1. The molecule has 1 atom stereocenters. The Morgan fingerprint density at radius 1 is 1.32 bits per heavy atom. The first kappa shape index (κ1) is 16.1. The quantitative estimate of drug-likeness (QED) is 0.753. The van der Waals surface area contributed by atoms with Gasteiger partial charge in [-0.15, -0.1) is 0 Å². The predicted molar refractivity (Wildman–Crippen MR) is 77.6 cm³/mol. The first-order chi connectivity index (χ1) is 8.70. The zero-order chi connectivity index (χ0) is 14.6. The number of benzene rings is 1. The van der Waals surface area contributed by atoms with Crippen LogP contribution in [-0.4, -0.2) is 50.7 Å². The number of Topliss-reactive ketones (excluding diaryl/α,β-unsaturated/α-hetero) is 1. The van der Waals surface area contributed by atoms with Crippen LogP contribution in [0.4, 0.5) is 0 Å². The fraction of sp³-hybridized carbons (Fsp3) is 0.462. The predicted octanol–water partition coefficient (Wildman–Crippen LogP) is 1.89. The Kier molecular flexibility index (Phi) is 5.52. The molecule has 0 aromatic heterocycles. The van der Waals surface area contributed by atoms with Crippen LogP contribution >= 0.6 is 11.6 Å². The van der Waals surface area contributed by atoms with Crippen molar-refractivity contribution in [2.24, 2.45) is 0 Å². The molecule has 4 nitrogen and oxygen atoms in total. The fourth-order valence-electron chi connectivity index (χ4n) is 1.56. The standard InChI is InChI=1S/C13H18ClNO3S/c1-10(15(2)8-9-19(3,17)18)13(16)11-4-6-12(14)7-5-11/h4-7,10H,8-9H2,1-3H3. The molecule has 1 rings (SSSR count). The van der Waals surface area contributed by atoms with Crippen molar-refractivity contribution >= 4 is 27.2 Å². The van der Waals surface area contributed by atoms with Crippen LogP contribution in [0.2, 0.25) is 5.02 Å². The van der Waals surface area contributed by atoms with Gasteiger partial charge in [-0.3, -0.25) is 9.69 Å². The number of ketones is 1. The fourth-order valence-corrected chi connectivity index (χ4v) is 2.30. The van der Waals surface area contributed by atoms with Gasteiger partial charge in [-0.2, -0.15) is 0 Å². The van der Waals surface area contributed by atoms with Gasteiger partial charge in [0, 0.05) is 23.4 Å². The Morgan fingerprint density at radius 3 is 2.32 bits per heavy atom. The summed E-state index contributed by atoms with van der Waals surface area (Å²) in [5.41, 5.74) is 0.572. The van der Waals surface area contributed by atoms with E-state index in [1.807, 2.05) is 0 Å². The Labute approximate surface area is 119 Å². The lowest BCUT2D eigenvalue weighted by atomic mass is 10.0. The lowest BCUT2D eigenvalue weighted by Crippen LogP contribution is -2.38. The maximum atomic E-state index is 12.2. The van der Waals surface area contributed by atoms with Crippen molar-refractivity contribution in [1.29, 1.82) is 0 Å². The summed E-state index contributed by atoms with van der Waals surface area (Å²) < 4.78 is 22.2. The van der Waals surface area contributed by atoms with Gasteiger partial charge in [-0.1, -0.05) is 11.6 Å².